The molecule has 2 aromatic rings. The third-order valence-electron chi connectivity index (χ3n) is 4.45. The average molecular weight is 287 g/mol. The van der Waals surface area contributed by atoms with Crippen LogP contribution in [0.1, 0.15) is 27.7 Å². The van der Waals surface area contributed by atoms with Crippen LogP contribution < -0.4 is 5.46 Å². The highest BCUT2D eigenvalue weighted by atomic mass is 16.7. The van der Waals surface area contributed by atoms with Crippen LogP contribution in [-0.4, -0.2) is 34.1 Å². The van der Waals surface area contributed by atoms with Crippen molar-refractivity contribution in [3.63, 3.8) is 0 Å². The van der Waals surface area contributed by atoms with Crippen molar-refractivity contribution in [2.45, 2.75) is 38.9 Å². The van der Waals surface area contributed by atoms with Crippen molar-refractivity contribution in [3.05, 3.63) is 30.5 Å². The van der Waals surface area contributed by atoms with Gasteiger partial charge in [-0.25, -0.2) is 4.79 Å². The fourth-order valence-electron chi connectivity index (χ4n) is 2.45. The van der Waals surface area contributed by atoms with Crippen LogP contribution in [0.3, 0.4) is 0 Å². The third kappa shape index (κ3) is 2.15. The molecule has 1 aromatic carbocycles. The number of fused-ring (bicyclic) bond motifs is 1. The van der Waals surface area contributed by atoms with Gasteiger partial charge in [-0.3, -0.25) is 4.57 Å². The van der Waals surface area contributed by atoms with E-state index in [9.17, 15) is 4.79 Å². The lowest BCUT2D eigenvalue weighted by atomic mass is 9.79. The van der Waals surface area contributed by atoms with Crippen LogP contribution in [0.25, 0.3) is 10.9 Å². The summed E-state index contributed by atoms with van der Waals surface area (Å²) in [5, 5.41) is 9.95. The molecule has 6 heteroatoms. The van der Waals surface area contributed by atoms with E-state index in [0.717, 1.165) is 10.8 Å². The maximum absolute atomic E-state index is 11.1. The monoisotopic (exact) mass is 287 g/mol. The molecule has 2 heterocycles. The molecule has 0 unspecified atom stereocenters. The first-order valence-corrected chi connectivity index (χ1v) is 6.91. The fraction of sp³-hybridized carbons (Fsp3) is 0.400. The lowest BCUT2D eigenvalue weighted by molar-refractivity contribution is 0.00578. The Morgan fingerprint density at radius 2 is 1.76 bits per heavy atom. The van der Waals surface area contributed by atoms with Gasteiger partial charge in [0.2, 0.25) is 0 Å². The van der Waals surface area contributed by atoms with E-state index in [0.29, 0.717) is 5.52 Å². The molecule has 5 nitrogen and oxygen atoms in total. The maximum atomic E-state index is 11.1. The highest BCUT2D eigenvalue weighted by molar-refractivity contribution is 6.62. The first-order valence-electron chi connectivity index (χ1n) is 6.91. The van der Waals surface area contributed by atoms with Gasteiger partial charge in [-0.1, -0.05) is 12.1 Å². The molecule has 0 radical (unpaired) electrons. The summed E-state index contributed by atoms with van der Waals surface area (Å²) >= 11 is 0. The summed E-state index contributed by atoms with van der Waals surface area (Å²) in [6.07, 6.45) is 0.550. The highest BCUT2D eigenvalue weighted by Crippen LogP contribution is 2.36. The quantitative estimate of drug-likeness (QED) is 0.818. The fourth-order valence-corrected chi connectivity index (χ4v) is 2.45. The zero-order chi connectivity index (χ0) is 15.4. The normalized spacial score (nSPS) is 20.1. The Balaban J connectivity index is 1.98. The Hall–Kier alpha value is -1.79. The predicted octanol–water partition coefficient (Wildman–Crippen LogP) is 2.47. The van der Waals surface area contributed by atoms with E-state index >= 15 is 0 Å². The molecule has 0 saturated carbocycles. The third-order valence-corrected chi connectivity index (χ3v) is 4.45. The molecule has 0 amide bonds. The van der Waals surface area contributed by atoms with Gasteiger partial charge in [-0.15, -0.1) is 0 Å². The molecule has 1 aliphatic rings. The summed E-state index contributed by atoms with van der Waals surface area (Å²) in [7, 11) is -0.437. The number of nitrogens with zero attached hydrogens (tertiary/aromatic N) is 1. The van der Waals surface area contributed by atoms with E-state index < -0.39 is 13.2 Å². The summed E-state index contributed by atoms with van der Waals surface area (Å²) in [4.78, 5) is 11.1. The minimum absolute atomic E-state index is 0.389. The van der Waals surface area contributed by atoms with E-state index in [2.05, 4.69) is 0 Å². The van der Waals surface area contributed by atoms with Gasteiger partial charge in [0.25, 0.3) is 0 Å². The van der Waals surface area contributed by atoms with E-state index in [4.69, 9.17) is 14.4 Å². The van der Waals surface area contributed by atoms with Gasteiger partial charge >= 0.3 is 13.2 Å². The molecule has 0 spiro atoms. The summed E-state index contributed by atoms with van der Waals surface area (Å²) in [5.74, 6) is 0. The van der Waals surface area contributed by atoms with E-state index in [1.54, 1.807) is 18.3 Å². The Morgan fingerprint density at radius 3 is 2.33 bits per heavy atom. The van der Waals surface area contributed by atoms with E-state index in [1.165, 1.54) is 4.57 Å². The topological polar surface area (TPSA) is 60.7 Å². The van der Waals surface area contributed by atoms with Crippen molar-refractivity contribution in [2.75, 3.05) is 0 Å². The SMILES string of the molecule is CC1(C)OB(c2ccc3c(ccn3C(=O)O)c2)OC1(C)C. The van der Waals surface area contributed by atoms with Gasteiger partial charge < -0.3 is 14.4 Å². The number of hydrogen-bond donors (Lipinski definition) is 1. The number of aromatic nitrogens is 1. The van der Waals surface area contributed by atoms with Gasteiger partial charge in [-0.2, -0.15) is 0 Å². The molecule has 21 heavy (non-hydrogen) atoms. The molecule has 0 bridgehead atoms. The molecule has 1 saturated heterocycles. The minimum Gasteiger partial charge on any atom is -0.464 e. The molecule has 110 valence electrons. The lowest BCUT2D eigenvalue weighted by Crippen LogP contribution is -2.41. The maximum Gasteiger partial charge on any atom is 0.494 e. The number of hydrogen-bond acceptors (Lipinski definition) is 3. The highest BCUT2D eigenvalue weighted by Gasteiger charge is 2.51. The summed E-state index contributed by atoms with van der Waals surface area (Å²) < 4.78 is 13.2. The van der Waals surface area contributed by atoms with Crippen LogP contribution in [0, 0.1) is 0 Å². The Morgan fingerprint density at radius 1 is 1.14 bits per heavy atom. The number of benzene rings is 1. The van der Waals surface area contributed by atoms with Gasteiger partial charge in [0.1, 0.15) is 0 Å². The minimum atomic E-state index is -0.992. The number of carboxylic acid groups (broad SMARTS) is 1. The summed E-state index contributed by atoms with van der Waals surface area (Å²) in [5.41, 5.74) is 0.770. The van der Waals surface area contributed by atoms with Crippen molar-refractivity contribution in [3.8, 4) is 0 Å². The van der Waals surface area contributed by atoms with Crippen LogP contribution in [0.15, 0.2) is 30.5 Å². The van der Waals surface area contributed by atoms with Crippen LogP contribution in [-0.2, 0) is 9.31 Å². The summed E-state index contributed by atoms with van der Waals surface area (Å²) in [6.45, 7) is 8.03. The van der Waals surface area contributed by atoms with Crippen molar-refractivity contribution < 1.29 is 19.2 Å². The van der Waals surface area contributed by atoms with E-state index in [1.807, 2.05) is 39.8 Å². The molecule has 1 N–H and O–H groups in total. The van der Waals surface area contributed by atoms with Gasteiger partial charge in [0, 0.05) is 6.20 Å². The second kappa shape index (κ2) is 4.35. The summed E-state index contributed by atoms with van der Waals surface area (Å²) in [6, 6.07) is 7.32. The largest absolute Gasteiger partial charge is 0.494 e. The predicted molar refractivity (Wildman–Crippen MR) is 81.1 cm³/mol. The van der Waals surface area contributed by atoms with Crippen LogP contribution in [0.4, 0.5) is 4.79 Å². The molecule has 3 rings (SSSR count). The molecule has 1 fully saturated rings. The molecular formula is C15H18BNO4. The lowest BCUT2D eigenvalue weighted by Gasteiger charge is -2.32. The van der Waals surface area contributed by atoms with Crippen LogP contribution in [0.2, 0.25) is 0 Å². The zero-order valence-corrected chi connectivity index (χ0v) is 12.6. The number of rotatable bonds is 1. The molecular weight excluding hydrogens is 269 g/mol. The standard InChI is InChI=1S/C15H18BNO4/c1-14(2)15(3,4)21-16(20-14)11-5-6-12-10(9-11)7-8-17(12)13(18)19/h5-9H,1-4H3,(H,18,19). The Kier molecular flexibility index (Phi) is 2.94. The van der Waals surface area contributed by atoms with Crippen molar-refractivity contribution in [2.24, 2.45) is 0 Å². The molecule has 0 aliphatic carbocycles. The molecule has 1 aliphatic heterocycles. The molecule has 1 aromatic heterocycles. The Labute approximate surface area is 123 Å². The zero-order valence-electron chi connectivity index (χ0n) is 12.6. The molecule has 0 atom stereocenters. The second-order valence-electron chi connectivity index (χ2n) is 6.37. The number of carbonyl (C=O) groups is 1. The van der Waals surface area contributed by atoms with E-state index in [-0.39, 0.29) is 11.2 Å². The van der Waals surface area contributed by atoms with Gasteiger partial charge in [0.15, 0.2) is 0 Å². The Bertz CT molecular complexity index is 704. The van der Waals surface area contributed by atoms with Crippen molar-refractivity contribution in [1.82, 2.24) is 4.57 Å². The van der Waals surface area contributed by atoms with Gasteiger partial charge in [0.05, 0.1) is 16.7 Å². The van der Waals surface area contributed by atoms with Crippen molar-refractivity contribution in [1.29, 1.82) is 0 Å². The van der Waals surface area contributed by atoms with Gasteiger partial charge in [-0.05, 0) is 50.7 Å². The van der Waals surface area contributed by atoms with Crippen LogP contribution >= 0.6 is 0 Å². The smallest absolute Gasteiger partial charge is 0.464 e. The average Bonchev–Trinajstić information content (AvgIpc) is 2.87. The van der Waals surface area contributed by atoms with Crippen molar-refractivity contribution >= 4 is 29.6 Å². The second-order valence-corrected chi connectivity index (χ2v) is 6.37. The first kappa shape index (κ1) is 14.2. The first-order chi connectivity index (χ1) is 9.71. The van der Waals surface area contributed by atoms with Crippen LogP contribution in [0.5, 0.6) is 0 Å².